The first-order valence-corrected chi connectivity index (χ1v) is 15.5. The van der Waals surface area contributed by atoms with Crippen LogP contribution >= 0.6 is 11.8 Å². The predicted molar refractivity (Wildman–Crippen MR) is 173 cm³/mol. The van der Waals surface area contributed by atoms with Gasteiger partial charge in [-0.05, 0) is 87.4 Å². The number of nitrogens with zero attached hydrogens (tertiary/aromatic N) is 1. The van der Waals surface area contributed by atoms with Crippen molar-refractivity contribution >= 4 is 35.3 Å². The molecule has 4 amide bonds. The summed E-state index contributed by atoms with van der Waals surface area (Å²) in [6, 6.07) is 18.8. The van der Waals surface area contributed by atoms with Crippen LogP contribution in [-0.2, 0) is 22.6 Å². The summed E-state index contributed by atoms with van der Waals surface area (Å²) >= 11 is 1.48. The van der Waals surface area contributed by atoms with Crippen LogP contribution in [0.1, 0.15) is 47.2 Å². The van der Waals surface area contributed by atoms with Crippen molar-refractivity contribution in [1.82, 2.24) is 15.5 Å². The second kappa shape index (κ2) is 13.7. The van der Waals surface area contributed by atoms with Gasteiger partial charge in [0.2, 0.25) is 5.91 Å². The number of carbonyl (C=O) groups is 3. The van der Waals surface area contributed by atoms with Gasteiger partial charge in [0.1, 0.15) is 6.04 Å². The molecule has 1 heterocycles. The number of benzene rings is 3. The first-order valence-electron chi connectivity index (χ1n) is 14.5. The van der Waals surface area contributed by atoms with E-state index in [1.54, 1.807) is 0 Å². The summed E-state index contributed by atoms with van der Waals surface area (Å²) in [6.07, 6.45) is -1.35. The van der Waals surface area contributed by atoms with Gasteiger partial charge in [-0.1, -0.05) is 60.7 Å². The lowest BCUT2D eigenvalue weighted by Crippen LogP contribution is -2.59. The van der Waals surface area contributed by atoms with Crippen LogP contribution in [0.5, 0.6) is 0 Å². The minimum absolute atomic E-state index is 0.224. The van der Waals surface area contributed by atoms with E-state index in [2.05, 4.69) is 16.0 Å². The molecule has 4 N–H and O–H groups in total. The van der Waals surface area contributed by atoms with E-state index in [1.807, 2.05) is 108 Å². The summed E-state index contributed by atoms with van der Waals surface area (Å²) in [4.78, 5) is 42.1. The Labute approximate surface area is 258 Å². The zero-order chi connectivity index (χ0) is 31.3. The fourth-order valence-electron chi connectivity index (χ4n) is 5.37. The summed E-state index contributed by atoms with van der Waals surface area (Å²) in [5.41, 5.74) is 6.64. The molecule has 1 aliphatic heterocycles. The van der Waals surface area contributed by atoms with Gasteiger partial charge in [0, 0.05) is 17.0 Å². The molecule has 228 valence electrons. The van der Waals surface area contributed by atoms with Crippen molar-refractivity contribution in [3.05, 3.63) is 100 Å². The molecule has 3 aromatic rings. The quantitative estimate of drug-likeness (QED) is 0.275. The van der Waals surface area contributed by atoms with E-state index in [1.165, 1.54) is 16.7 Å². The number of rotatable bonds is 9. The highest BCUT2D eigenvalue weighted by Crippen LogP contribution is 2.40. The number of aliphatic hydroxyl groups is 1. The molecule has 1 fully saturated rings. The molecule has 0 aromatic heterocycles. The fraction of sp³-hybridized carbons (Fsp3) is 0.382. The molecule has 0 radical (unpaired) electrons. The van der Waals surface area contributed by atoms with Crippen molar-refractivity contribution in [2.24, 2.45) is 0 Å². The minimum atomic E-state index is -1.58. The number of nitrogens with one attached hydrogen (secondary N) is 3. The maximum Gasteiger partial charge on any atom is 0.319 e. The van der Waals surface area contributed by atoms with Crippen molar-refractivity contribution in [2.75, 3.05) is 11.2 Å². The highest BCUT2D eigenvalue weighted by atomic mass is 32.2. The normalized spacial score (nSPS) is 17.2. The lowest BCUT2D eigenvalue weighted by molar-refractivity contribution is -0.147. The van der Waals surface area contributed by atoms with E-state index >= 15 is 0 Å². The number of urea groups is 1. The summed E-state index contributed by atoms with van der Waals surface area (Å²) in [7, 11) is 0. The third kappa shape index (κ3) is 7.77. The summed E-state index contributed by atoms with van der Waals surface area (Å²) in [5, 5.41) is 20.2. The standard InChI is InChI=1S/C34H42N4O4S/c1-21-12-10-11-15-26(21)19-35-31(40)30-34(5,6)43-20-38(30)32(41)29(39)28(18-25-13-8-7-9-14-25)37-33(42)36-27-17-23(3)22(2)16-24(27)4/h7-17,28-30,39H,18-20H2,1-6H3,(H,35,40)(H2,36,37,42)/t28-,29-,30+/m0/s1. The van der Waals surface area contributed by atoms with Crippen molar-refractivity contribution in [1.29, 1.82) is 0 Å². The number of aliphatic hydroxyl groups excluding tert-OH is 1. The monoisotopic (exact) mass is 602 g/mol. The maximum absolute atomic E-state index is 13.9. The molecule has 0 spiro atoms. The second-order valence-electron chi connectivity index (χ2n) is 11.8. The lowest BCUT2D eigenvalue weighted by atomic mass is 9.97. The minimum Gasteiger partial charge on any atom is -0.381 e. The first-order chi connectivity index (χ1) is 20.4. The molecule has 1 aliphatic rings. The third-order valence-corrected chi connectivity index (χ3v) is 9.50. The Hall–Kier alpha value is -3.82. The number of aryl methyl sites for hydroxylation is 4. The van der Waals surface area contributed by atoms with Crippen LogP contribution < -0.4 is 16.0 Å². The van der Waals surface area contributed by atoms with Gasteiger partial charge in [-0.15, -0.1) is 11.8 Å². The fourth-order valence-corrected chi connectivity index (χ4v) is 6.51. The predicted octanol–water partition coefficient (Wildman–Crippen LogP) is 5.01. The summed E-state index contributed by atoms with van der Waals surface area (Å²) < 4.78 is -0.578. The number of hydrogen-bond donors (Lipinski definition) is 4. The van der Waals surface area contributed by atoms with E-state index < -0.39 is 34.9 Å². The second-order valence-corrected chi connectivity index (χ2v) is 13.4. The van der Waals surface area contributed by atoms with E-state index in [-0.39, 0.29) is 18.2 Å². The molecular weight excluding hydrogens is 560 g/mol. The molecule has 0 unspecified atom stereocenters. The zero-order valence-electron chi connectivity index (χ0n) is 25.7. The van der Waals surface area contributed by atoms with E-state index in [9.17, 15) is 19.5 Å². The lowest BCUT2D eigenvalue weighted by Gasteiger charge is -2.33. The summed E-state index contributed by atoms with van der Waals surface area (Å²) in [6.45, 7) is 12.1. The van der Waals surface area contributed by atoms with Crippen LogP contribution in [0.3, 0.4) is 0 Å². The van der Waals surface area contributed by atoms with Crippen LogP contribution in [0.25, 0.3) is 0 Å². The van der Waals surface area contributed by atoms with Crippen molar-refractivity contribution in [2.45, 2.75) is 77.4 Å². The number of amides is 4. The Morgan fingerprint density at radius 3 is 2.28 bits per heavy atom. The third-order valence-electron chi connectivity index (χ3n) is 8.13. The highest BCUT2D eigenvalue weighted by molar-refractivity contribution is 8.00. The van der Waals surface area contributed by atoms with Crippen molar-refractivity contribution in [3.63, 3.8) is 0 Å². The Morgan fingerprint density at radius 1 is 0.930 bits per heavy atom. The SMILES string of the molecule is Cc1cc(C)c(NC(=O)N[C@@H](Cc2ccccc2)[C@H](O)C(=O)N2CSC(C)(C)[C@H]2C(=O)NCc2ccccc2C)cc1C. The average Bonchev–Trinajstić information content (AvgIpc) is 3.29. The zero-order valence-corrected chi connectivity index (χ0v) is 26.5. The molecule has 0 bridgehead atoms. The Morgan fingerprint density at radius 2 is 1.58 bits per heavy atom. The molecule has 4 rings (SSSR count). The van der Waals surface area contributed by atoms with Gasteiger partial charge in [0.15, 0.2) is 6.10 Å². The van der Waals surface area contributed by atoms with E-state index in [4.69, 9.17) is 0 Å². The highest BCUT2D eigenvalue weighted by Gasteiger charge is 2.49. The molecule has 9 heteroatoms. The number of thioether (sulfide) groups is 1. The van der Waals surface area contributed by atoms with Crippen molar-refractivity contribution < 1.29 is 19.5 Å². The molecule has 1 saturated heterocycles. The Kier molecular flexibility index (Phi) is 10.2. The number of anilines is 1. The van der Waals surface area contributed by atoms with Crippen LogP contribution in [-0.4, -0.2) is 56.7 Å². The topological polar surface area (TPSA) is 111 Å². The molecule has 3 aromatic carbocycles. The molecule has 3 atom stereocenters. The smallest absolute Gasteiger partial charge is 0.319 e. The average molecular weight is 603 g/mol. The molecule has 0 aliphatic carbocycles. The van der Waals surface area contributed by atoms with E-state index in [0.29, 0.717) is 12.2 Å². The largest absolute Gasteiger partial charge is 0.381 e. The Bertz CT molecular complexity index is 1480. The number of carbonyl (C=O) groups excluding carboxylic acids is 3. The molecule has 0 saturated carbocycles. The van der Waals surface area contributed by atoms with E-state index in [0.717, 1.165) is 33.4 Å². The van der Waals surface area contributed by atoms with Gasteiger partial charge < -0.3 is 26.0 Å². The maximum atomic E-state index is 13.9. The van der Waals surface area contributed by atoms with Gasteiger partial charge in [0.05, 0.1) is 11.9 Å². The van der Waals surface area contributed by atoms with Crippen LogP contribution in [0.4, 0.5) is 10.5 Å². The van der Waals surface area contributed by atoms with Crippen LogP contribution in [0.2, 0.25) is 0 Å². The van der Waals surface area contributed by atoms with Gasteiger partial charge >= 0.3 is 6.03 Å². The van der Waals surface area contributed by atoms with Crippen LogP contribution in [0.15, 0.2) is 66.7 Å². The van der Waals surface area contributed by atoms with Crippen molar-refractivity contribution in [3.8, 4) is 0 Å². The van der Waals surface area contributed by atoms with Gasteiger partial charge in [0.25, 0.3) is 5.91 Å². The molecule has 43 heavy (non-hydrogen) atoms. The van der Waals surface area contributed by atoms with Gasteiger partial charge in [-0.3, -0.25) is 9.59 Å². The Balaban J connectivity index is 1.53. The van der Waals surface area contributed by atoms with Gasteiger partial charge in [-0.25, -0.2) is 4.79 Å². The molecule has 8 nitrogen and oxygen atoms in total. The first kappa shape index (κ1) is 32.1. The van der Waals surface area contributed by atoms with Crippen LogP contribution in [0, 0.1) is 27.7 Å². The summed E-state index contributed by atoms with van der Waals surface area (Å²) in [5.74, 6) is -0.635. The van der Waals surface area contributed by atoms with Gasteiger partial charge in [-0.2, -0.15) is 0 Å². The number of hydrogen-bond acceptors (Lipinski definition) is 5. The molecular formula is C34H42N4O4S.